The summed E-state index contributed by atoms with van der Waals surface area (Å²) in [4.78, 5) is 13.1. The Labute approximate surface area is 195 Å². The molecule has 9 heteroatoms. The minimum Gasteiger partial charge on any atom is -0.486 e. The highest BCUT2D eigenvalue weighted by Crippen LogP contribution is 2.39. The second-order valence-electron chi connectivity index (χ2n) is 6.46. The molecule has 3 rings (SSSR count). The number of para-hydroxylation sites is 1. The molecule has 2 aromatic carbocycles. The van der Waals surface area contributed by atoms with E-state index in [1.807, 2.05) is 0 Å². The zero-order valence-electron chi connectivity index (χ0n) is 15.7. The number of amides is 1. The summed E-state index contributed by atoms with van der Waals surface area (Å²) in [5.41, 5.74) is 1.58. The van der Waals surface area contributed by atoms with E-state index in [4.69, 9.17) is 51.8 Å². The van der Waals surface area contributed by atoms with Gasteiger partial charge in [-0.25, -0.2) is 0 Å². The molecule has 0 aromatic heterocycles. The lowest BCUT2D eigenvalue weighted by Gasteiger charge is -2.35. The van der Waals surface area contributed by atoms with Crippen LogP contribution in [0.2, 0.25) is 15.1 Å². The fraction of sp³-hybridized carbons (Fsp3) is 0.143. The quantitative estimate of drug-likeness (QED) is 0.375. The van der Waals surface area contributed by atoms with Gasteiger partial charge in [-0.1, -0.05) is 66.2 Å². The van der Waals surface area contributed by atoms with Crippen LogP contribution < -0.4 is 20.7 Å². The van der Waals surface area contributed by atoms with Crippen LogP contribution in [0.15, 0.2) is 61.3 Å². The molecule has 0 unspecified atom stereocenters. The SMILES string of the molecule is C=CCOc1c(Cl)cc([C@@H]2NC(=S)NC(=C)[C@H]2C(=O)Nc2ccccc2Cl)cc1Cl. The lowest BCUT2D eigenvalue weighted by atomic mass is 9.88. The second-order valence-corrected chi connectivity index (χ2v) is 8.09. The van der Waals surface area contributed by atoms with E-state index >= 15 is 0 Å². The molecular weight excluding hydrogens is 465 g/mol. The molecule has 1 heterocycles. The van der Waals surface area contributed by atoms with Crippen molar-refractivity contribution in [2.75, 3.05) is 11.9 Å². The first-order valence-electron chi connectivity index (χ1n) is 8.86. The van der Waals surface area contributed by atoms with E-state index in [2.05, 4.69) is 29.1 Å². The fourth-order valence-corrected chi connectivity index (χ4v) is 4.14. The first-order valence-corrected chi connectivity index (χ1v) is 10.4. The lowest BCUT2D eigenvalue weighted by molar-refractivity contribution is -0.119. The van der Waals surface area contributed by atoms with Crippen molar-refractivity contribution in [1.82, 2.24) is 10.6 Å². The van der Waals surface area contributed by atoms with Crippen LogP contribution >= 0.6 is 47.0 Å². The summed E-state index contributed by atoms with van der Waals surface area (Å²) in [6.07, 6.45) is 1.59. The molecule has 1 aliphatic heterocycles. The Kier molecular flexibility index (Phi) is 7.26. The average molecular weight is 483 g/mol. The van der Waals surface area contributed by atoms with E-state index in [0.29, 0.717) is 42.9 Å². The highest BCUT2D eigenvalue weighted by atomic mass is 35.5. The van der Waals surface area contributed by atoms with Crippen LogP contribution in [-0.4, -0.2) is 17.6 Å². The van der Waals surface area contributed by atoms with Gasteiger partial charge in [0.1, 0.15) is 12.5 Å². The molecule has 30 heavy (non-hydrogen) atoms. The smallest absolute Gasteiger partial charge is 0.235 e. The maximum atomic E-state index is 13.1. The maximum Gasteiger partial charge on any atom is 0.235 e. The van der Waals surface area contributed by atoms with Gasteiger partial charge in [0.25, 0.3) is 0 Å². The van der Waals surface area contributed by atoms with Crippen molar-refractivity contribution in [3.05, 3.63) is 82.0 Å². The van der Waals surface area contributed by atoms with Crippen LogP contribution in [0.4, 0.5) is 5.69 Å². The summed E-state index contributed by atoms with van der Waals surface area (Å²) in [5.74, 6) is -0.700. The predicted octanol–water partition coefficient (Wildman–Crippen LogP) is 5.50. The van der Waals surface area contributed by atoms with E-state index in [1.165, 1.54) is 0 Å². The maximum absolute atomic E-state index is 13.1. The Bertz CT molecular complexity index is 1010. The monoisotopic (exact) mass is 481 g/mol. The normalized spacial score (nSPS) is 18.2. The number of carbonyl (C=O) groups excluding carboxylic acids is 1. The summed E-state index contributed by atoms with van der Waals surface area (Å²) in [6.45, 7) is 7.84. The second kappa shape index (κ2) is 9.71. The van der Waals surface area contributed by atoms with Gasteiger partial charge in [-0.3, -0.25) is 4.79 Å². The number of hydrogen-bond donors (Lipinski definition) is 3. The van der Waals surface area contributed by atoms with Crippen molar-refractivity contribution in [2.24, 2.45) is 5.92 Å². The van der Waals surface area contributed by atoms with Gasteiger partial charge < -0.3 is 20.7 Å². The molecular formula is C21H18Cl3N3O2S. The molecule has 156 valence electrons. The number of anilines is 1. The molecule has 0 aliphatic carbocycles. The molecule has 1 aliphatic rings. The van der Waals surface area contributed by atoms with Crippen LogP contribution in [0.1, 0.15) is 11.6 Å². The number of carbonyl (C=O) groups is 1. The van der Waals surface area contributed by atoms with Crippen molar-refractivity contribution in [1.29, 1.82) is 0 Å². The van der Waals surface area contributed by atoms with Crippen LogP contribution in [0.5, 0.6) is 5.75 Å². The molecule has 3 N–H and O–H groups in total. The molecule has 0 bridgehead atoms. The summed E-state index contributed by atoms with van der Waals surface area (Å²) >= 11 is 24.2. The highest BCUT2D eigenvalue weighted by Gasteiger charge is 2.37. The average Bonchev–Trinajstić information content (AvgIpc) is 2.68. The molecule has 1 saturated heterocycles. The van der Waals surface area contributed by atoms with Gasteiger partial charge >= 0.3 is 0 Å². The third-order valence-electron chi connectivity index (χ3n) is 4.41. The highest BCUT2D eigenvalue weighted by molar-refractivity contribution is 7.80. The van der Waals surface area contributed by atoms with Crippen molar-refractivity contribution < 1.29 is 9.53 Å². The van der Waals surface area contributed by atoms with Gasteiger partial charge in [0.2, 0.25) is 5.91 Å². The first-order chi connectivity index (χ1) is 14.3. The van der Waals surface area contributed by atoms with Gasteiger partial charge in [0.15, 0.2) is 10.9 Å². The third-order valence-corrected chi connectivity index (χ3v) is 5.52. The van der Waals surface area contributed by atoms with Crippen LogP contribution in [-0.2, 0) is 4.79 Å². The van der Waals surface area contributed by atoms with Crippen LogP contribution in [0.3, 0.4) is 0 Å². The minimum atomic E-state index is -0.722. The van der Waals surface area contributed by atoms with Crippen molar-refractivity contribution in [3.8, 4) is 5.75 Å². The van der Waals surface area contributed by atoms with Crippen LogP contribution in [0, 0.1) is 5.92 Å². The van der Waals surface area contributed by atoms with Crippen molar-refractivity contribution >= 4 is 63.7 Å². The molecule has 2 atom stereocenters. The van der Waals surface area contributed by atoms with Gasteiger partial charge in [-0.05, 0) is 42.0 Å². The number of rotatable bonds is 6. The Morgan fingerprint density at radius 3 is 2.50 bits per heavy atom. The number of hydrogen-bond acceptors (Lipinski definition) is 3. The van der Waals surface area contributed by atoms with E-state index < -0.39 is 12.0 Å². The standard InChI is InChI=1S/C21H18Cl3N3O2S/c1-3-8-29-19-14(23)9-12(10-15(19)24)18-17(11(2)25-21(30)27-18)20(28)26-16-7-5-4-6-13(16)22/h3-7,9-10,17-18H,1-2,8H2,(H,26,28)(H2,25,27,30)/t17-,18+/m1/s1. The van der Waals surface area contributed by atoms with E-state index in [-0.39, 0.29) is 12.5 Å². The molecule has 0 spiro atoms. The van der Waals surface area contributed by atoms with Gasteiger partial charge in [0.05, 0.1) is 26.8 Å². The Morgan fingerprint density at radius 1 is 1.20 bits per heavy atom. The summed E-state index contributed by atoms with van der Waals surface area (Å²) in [5, 5.41) is 10.2. The van der Waals surface area contributed by atoms with E-state index in [1.54, 1.807) is 42.5 Å². The molecule has 5 nitrogen and oxygen atoms in total. The summed E-state index contributed by atoms with van der Waals surface area (Å²) in [6, 6.07) is 9.77. The number of nitrogens with one attached hydrogen (secondary N) is 3. The fourth-order valence-electron chi connectivity index (χ4n) is 3.08. The molecule has 0 radical (unpaired) electrons. The first kappa shape index (κ1) is 22.4. The third kappa shape index (κ3) is 4.90. The zero-order valence-corrected chi connectivity index (χ0v) is 18.8. The minimum absolute atomic E-state index is 0.258. The predicted molar refractivity (Wildman–Crippen MR) is 126 cm³/mol. The summed E-state index contributed by atoms with van der Waals surface area (Å²) < 4.78 is 5.52. The number of benzene rings is 2. The molecule has 1 fully saturated rings. The summed E-state index contributed by atoms with van der Waals surface area (Å²) in [7, 11) is 0. The molecule has 0 saturated carbocycles. The van der Waals surface area contributed by atoms with E-state index in [9.17, 15) is 4.79 Å². The zero-order chi connectivity index (χ0) is 21.8. The largest absolute Gasteiger partial charge is 0.486 e. The lowest BCUT2D eigenvalue weighted by Crippen LogP contribution is -2.51. The Hall–Kier alpha value is -2.25. The number of ether oxygens (including phenoxy) is 1. The number of halogens is 3. The van der Waals surface area contributed by atoms with Gasteiger partial charge in [-0.2, -0.15) is 0 Å². The van der Waals surface area contributed by atoms with Crippen LogP contribution in [0.25, 0.3) is 0 Å². The number of thiocarbonyl (C=S) groups is 1. The van der Waals surface area contributed by atoms with Gasteiger partial charge in [-0.15, -0.1) is 0 Å². The Morgan fingerprint density at radius 2 is 1.87 bits per heavy atom. The van der Waals surface area contributed by atoms with Crippen molar-refractivity contribution in [2.45, 2.75) is 6.04 Å². The van der Waals surface area contributed by atoms with Crippen molar-refractivity contribution in [3.63, 3.8) is 0 Å². The van der Waals surface area contributed by atoms with E-state index in [0.717, 1.165) is 0 Å². The topological polar surface area (TPSA) is 62.4 Å². The molecule has 1 amide bonds. The Balaban J connectivity index is 1.95. The molecule has 2 aromatic rings. The van der Waals surface area contributed by atoms with Gasteiger partial charge in [0, 0.05) is 5.70 Å².